The van der Waals surface area contributed by atoms with Crippen molar-refractivity contribution in [1.82, 2.24) is 0 Å². The van der Waals surface area contributed by atoms with E-state index >= 15 is 0 Å². The Hall–Kier alpha value is -0.840. The first-order chi connectivity index (χ1) is 9.99. The summed E-state index contributed by atoms with van der Waals surface area (Å²) in [6.07, 6.45) is 1.75. The van der Waals surface area contributed by atoms with E-state index in [2.05, 4.69) is 44.8 Å². The molecule has 0 fully saturated rings. The molecular weight excluding hydrogens is 394 g/mol. The summed E-state index contributed by atoms with van der Waals surface area (Å²) in [5.74, 6) is 1.74. The Morgan fingerprint density at radius 1 is 1.05 bits per heavy atom. The summed E-state index contributed by atoms with van der Waals surface area (Å²) in [5, 5.41) is 0. The van der Waals surface area contributed by atoms with Crippen LogP contribution in [-0.4, -0.2) is 6.04 Å². The fraction of sp³-hybridized carbons (Fsp3) is 0.294. The van der Waals surface area contributed by atoms with Crippen molar-refractivity contribution in [2.24, 2.45) is 5.73 Å². The van der Waals surface area contributed by atoms with E-state index in [-0.39, 0.29) is 6.04 Å². The Bertz CT molecular complexity index is 628. The van der Waals surface area contributed by atoms with Gasteiger partial charge in [0.1, 0.15) is 11.5 Å². The Morgan fingerprint density at radius 3 is 2.29 bits per heavy atom. The second kappa shape index (κ2) is 7.43. The molecule has 1 unspecified atom stereocenters. The van der Waals surface area contributed by atoms with Crippen LogP contribution in [0.3, 0.4) is 0 Å². The molecule has 0 heterocycles. The third-order valence-electron chi connectivity index (χ3n) is 3.39. The number of nitrogens with two attached hydrogens (primary N) is 1. The molecule has 0 saturated carbocycles. The van der Waals surface area contributed by atoms with Crippen LogP contribution in [0.15, 0.2) is 45.3 Å². The molecule has 0 radical (unpaired) electrons. The zero-order valence-electron chi connectivity index (χ0n) is 12.2. The number of ether oxygens (including phenoxy) is 1. The highest BCUT2D eigenvalue weighted by Crippen LogP contribution is 2.32. The van der Waals surface area contributed by atoms with E-state index in [9.17, 15) is 0 Å². The smallest absolute Gasteiger partial charge is 0.130 e. The highest BCUT2D eigenvalue weighted by Gasteiger charge is 2.11. The molecule has 0 aliphatic carbocycles. The molecule has 2 nitrogen and oxygen atoms in total. The molecule has 0 bridgehead atoms. The number of aryl methyl sites for hydroxylation is 1. The van der Waals surface area contributed by atoms with Crippen molar-refractivity contribution in [2.75, 3.05) is 0 Å². The normalized spacial score (nSPS) is 12.2. The van der Waals surface area contributed by atoms with Crippen molar-refractivity contribution >= 4 is 31.9 Å². The molecular formula is C17H19Br2NO. The van der Waals surface area contributed by atoms with Crippen LogP contribution in [0.2, 0.25) is 0 Å². The predicted molar refractivity (Wildman–Crippen MR) is 95.1 cm³/mol. The lowest BCUT2D eigenvalue weighted by Crippen LogP contribution is -2.21. The van der Waals surface area contributed by atoms with Crippen LogP contribution >= 0.6 is 31.9 Å². The van der Waals surface area contributed by atoms with E-state index in [1.165, 1.54) is 0 Å². The van der Waals surface area contributed by atoms with Gasteiger partial charge in [0.15, 0.2) is 0 Å². The van der Waals surface area contributed by atoms with Gasteiger partial charge in [0.2, 0.25) is 0 Å². The Morgan fingerprint density at radius 2 is 1.67 bits per heavy atom. The summed E-state index contributed by atoms with van der Waals surface area (Å²) in [6, 6.07) is 12.2. The molecule has 2 rings (SSSR count). The molecule has 0 spiro atoms. The lowest BCUT2D eigenvalue weighted by Gasteiger charge is -2.16. The standard InChI is InChI=1S/C17H19Br2NO/c1-3-15(20)10-12-9-14(19)5-7-17(12)21-16-6-4-13(18)8-11(16)2/h4-9,15H,3,10,20H2,1-2H3. The largest absolute Gasteiger partial charge is 0.457 e. The van der Waals surface area contributed by atoms with Gasteiger partial charge in [0, 0.05) is 15.0 Å². The molecule has 0 aliphatic rings. The second-order valence-corrected chi connectivity index (χ2v) is 6.97. The molecule has 2 aromatic carbocycles. The van der Waals surface area contributed by atoms with Crippen LogP contribution in [0, 0.1) is 6.92 Å². The maximum Gasteiger partial charge on any atom is 0.130 e. The molecule has 0 saturated heterocycles. The topological polar surface area (TPSA) is 35.2 Å². The van der Waals surface area contributed by atoms with E-state index < -0.39 is 0 Å². The SMILES string of the molecule is CCC(N)Cc1cc(Br)ccc1Oc1ccc(Br)cc1C. The zero-order valence-corrected chi connectivity index (χ0v) is 15.4. The van der Waals surface area contributed by atoms with Crippen molar-refractivity contribution < 1.29 is 4.74 Å². The van der Waals surface area contributed by atoms with E-state index in [0.717, 1.165) is 44.4 Å². The highest BCUT2D eigenvalue weighted by atomic mass is 79.9. The summed E-state index contributed by atoms with van der Waals surface area (Å²) in [6.45, 7) is 4.14. The first-order valence-corrected chi connectivity index (χ1v) is 8.56. The molecule has 112 valence electrons. The van der Waals surface area contributed by atoms with E-state index in [1.54, 1.807) is 0 Å². The molecule has 0 aliphatic heterocycles. The Balaban J connectivity index is 2.30. The number of hydrogen-bond donors (Lipinski definition) is 1. The van der Waals surface area contributed by atoms with Crippen LogP contribution in [-0.2, 0) is 6.42 Å². The maximum atomic E-state index is 6.10. The van der Waals surface area contributed by atoms with Crippen molar-refractivity contribution in [3.05, 3.63) is 56.5 Å². The van der Waals surface area contributed by atoms with E-state index in [0.29, 0.717) is 0 Å². The fourth-order valence-electron chi connectivity index (χ4n) is 2.08. The first-order valence-electron chi connectivity index (χ1n) is 6.97. The second-order valence-electron chi connectivity index (χ2n) is 5.14. The average molecular weight is 413 g/mol. The minimum Gasteiger partial charge on any atom is -0.457 e. The predicted octanol–water partition coefficient (Wildman–Crippen LogP) is 5.59. The fourth-order valence-corrected chi connectivity index (χ4v) is 2.96. The number of halogens is 2. The van der Waals surface area contributed by atoms with Crippen LogP contribution in [0.25, 0.3) is 0 Å². The molecule has 2 N–H and O–H groups in total. The summed E-state index contributed by atoms with van der Waals surface area (Å²) in [7, 11) is 0. The quantitative estimate of drug-likeness (QED) is 0.694. The van der Waals surface area contributed by atoms with Gasteiger partial charge in [-0.25, -0.2) is 0 Å². The minimum absolute atomic E-state index is 0.146. The number of hydrogen-bond acceptors (Lipinski definition) is 2. The van der Waals surface area contributed by atoms with Crippen LogP contribution < -0.4 is 10.5 Å². The van der Waals surface area contributed by atoms with Gasteiger partial charge in [-0.15, -0.1) is 0 Å². The molecule has 0 amide bonds. The van der Waals surface area contributed by atoms with E-state index in [4.69, 9.17) is 10.5 Å². The van der Waals surface area contributed by atoms with Gasteiger partial charge < -0.3 is 10.5 Å². The van der Waals surface area contributed by atoms with Crippen molar-refractivity contribution in [3.63, 3.8) is 0 Å². The number of benzene rings is 2. The number of rotatable bonds is 5. The van der Waals surface area contributed by atoms with Crippen molar-refractivity contribution in [1.29, 1.82) is 0 Å². The van der Waals surface area contributed by atoms with Gasteiger partial charge in [-0.05, 0) is 67.3 Å². The first kappa shape index (κ1) is 16.5. The van der Waals surface area contributed by atoms with Crippen molar-refractivity contribution in [3.8, 4) is 11.5 Å². The van der Waals surface area contributed by atoms with Crippen LogP contribution in [0.5, 0.6) is 11.5 Å². The molecule has 4 heteroatoms. The third-order valence-corrected chi connectivity index (χ3v) is 4.37. The van der Waals surface area contributed by atoms with Crippen LogP contribution in [0.4, 0.5) is 0 Å². The van der Waals surface area contributed by atoms with Gasteiger partial charge in [-0.1, -0.05) is 38.8 Å². The monoisotopic (exact) mass is 411 g/mol. The zero-order chi connectivity index (χ0) is 15.4. The molecule has 2 aromatic rings. The molecule has 0 aromatic heterocycles. The Kier molecular flexibility index (Phi) is 5.85. The maximum absolute atomic E-state index is 6.10. The molecule has 1 atom stereocenters. The minimum atomic E-state index is 0.146. The highest BCUT2D eigenvalue weighted by molar-refractivity contribution is 9.10. The summed E-state index contributed by atoms with van der Waals surface area (Å²) < 4.78 is 8.19. The summed E-state index contributed by atoms with van der Waals surface area (Å²) >= 11 is 6.98. The average Bonchev–Trinajstić information content (AvgIpc) is 2.44. The third kappa shape index (κ3) is 4.56. The van der Waals surface area contributed by atoms with E-state index in [1.807, 2.05) is 37.3 Å². The summed E-state index contributed by atoms with van der Waals surface area (Å²) in [5.41, 5.74) is 8.31. The molecule has 21 heavy (non-hydrogen) atoms. The summed E-state index contributed by atoms with van der Waals surface area (Å²) in [4.78, 5) is 0. The van der Waals surface area contributed by atoms with Gasteiger partial charge in [0.25, 0.3) is 0 Å². The lowest BCUT2D eigenvalue weighted by atomic mass is 10.0. The van der Waals surface area contributed by atoms with Crippen LogP contribution in [0.1, 0.15) is 24.5 Å². The lowest BCUT2D eigenvalue weighted by molar-refractivity contribution is 0.468. The van der Waals surface area contributed by atoms with Gasteiger partial charge in [-0.2, -0.15) is 0 Å². The van der Waals surface area contributed by atoms with Gasteiger partial charge >= 0.3 is 0 Å². The Labute approximate surface area is 143 Å². The van der Waals surface area contributed by atoms with Crippen molar-refractivity contribution in [2.45, 2.75) is 32.7 Å². The van der Waals surface area contributed by atoms with Gasteiger partial charge in [0.05, 0.1) is 0 Å². The van der Waals surface area contributed by atoms with Gasteiger partial charge in [-0.3, -0.25) is 0 Å².